The zero-order chi connectivity index (χ0) is 17.4. The van der Waals surface area contributed by atoms with E-state index in [1.807, 2.05) is 44.0 Å². The van der Waals surface area contributed by atoms with Gasteiger partial charge in [-0.15, -0.1) is 0 Å². The second-order valence-corrected chi connectivity index (χ2v) is 6.60. The van der Waals surface area contributed by atoms with E-state index in [2.05, 4.69) is 5.32 Å². The molecule has 5 heteroatoms. The standard InChI is InChI=1S/C19H30N2O3/c1-15-7-6-8-16(2)19(15)24-12-10-20-18(22)14-21(3)13-17-9-4-5-11-23-17/h6-8,17H,4-5,9-14H2,1-3H3,(H,20,22). The summed E-state index contributed by atoms with van der Waals surface area (Å²) in [4.78, 5) is 14.0. The molecule has 0 aromatic heterocycles. The number of hydrogen-bond donors (Lipinski definition) is 1. The van der Waals surface area contributed by atoms with Crippen LogP contribution in [0.25, 0.3) is 0 Å². The van der Waals surface area contributed by atoms with E-state index in [1.54, 1.807) is 0 Å². The summed E-state index contributed by atoms with van der Waals surface area (Å²) in [6.45, 7) is 7.11. The van der Waals surface area contributed by atoms with Gasteiger partial charge in [0.05, 0.1) is 19.2 Å². The second-order valence-electron chi connectivity index (χ2n) is 6.60. The van der Waals surface area contributed by atoms with E-state index in [9.17, 15) is 4.79 Å². The topological polar surface area (TPSA) is 50.8 Å². The Morgan fingerprint density at radius 1 is 1.33 bits per heavy atom. The minimum atomic E-state index is 0.0263. The minimum absolute atomic E-state index is 0.0263. The third-order valence-corrected chi connectivity index (χ3v) is 4.28. The van der Waals surface area contributed by atoms with Gasteiger partial charge in [0.25, 0.3) is 0 Å². The maximum Gasteiger partial charge on any atom is 0.234 e. The molecule has 1 aliphatic heterocycles. The fourth-order valence-electron chi connectivity index (χ4n) is 3.04. The van der Waals surface area contributed by atoms with Gasteiger partial charge in [-0.05, 0) is 51.3 Å². The molecule has 0 saturated carbocycles. The van der Waals surface area contributed by atoms with E-state index in [0.717, 1.165) is 42.9 Å². The van der Waals surface area contributed by atoms with E-state index in [0.29, 0.717) is 19.7 Å². The number of hydrogen-bond acceptors (Lipinski definition) is 4. The number of carbonyl (C=O) groups is 1. The lowest BCUT2D eigenvalue weighted by Gasteiger charge is -2.27. The summed E-state index contributed by atoms with van der Waals surface area (Å²) in [5.74, 6) is 0.941. The predicted octanol–water partition coefficient (Wildman–Crippen LogP) is 2.30. The van der Waals surface area contributed by atoms with E-state index in [4.69, 9.17) is 9.47 Å². The molecule has 1 aromatic rings. The molecule has 0 bridgehead atoms. The van der Waals surface area contributed by atoms with Gasteiger partial charge in [0, 0.05) is 13.2 Å². The summed E-state index contributed by atoms with van der Waals surface area (Å²) in [7, 11) is 1.96. The van der Waals surface area contributed by atoms with Crippen LogP contribution in [0.15, 0.2) is 18.2 Å². The number of nitrogens with one attached hydrogen (secondary N) is 1. The first-order chi connectivity index (χ1) is 11.6. The zero-order valence-electron chi connectivity index (χ0n) is 15.1. The average Bonchev–Trinajstić information content (AvgIpc) is 2.54. The summed E-state index contributed by atoms with van der Waals surface area (Å²) in [6, 6.07) is 6.08. The largest absolute Gasteiger partial charge is 0.491 e. The molecule has 2 rings (SSSR count). The van der Waals surface area contributed by atoms with Crippen LogP contribution < -0.4 is 10.1 Å². The number of ether oxygens (including phenoxy) is 2. The first-order valence-corrected chi connectivity index (χ1v) is 8.82. The third-order valence-electron chi connectivity index (χ3n) is 4.28. The minimum Gasteiger partial charge on any atom is -0.491 e. The van der Waals surface area contributed by atoms with E-state index in [-0.39, 0.29) is 12.0 Å². The number of likely N-dealkylation sites (N-methyl/N-ethyl adjacent to an activating group) is 1. The molecule has 0 spiro atoms. The number of aryl methyl sites for hydroxylation is 2. The van der Waals surface area contributed by atoms with Gasteiger partial charge in [-0.25, -0.2) is 0 Å². The van der Waals surface area contributed by atoms with Crippen molar-refractivity contribution in [2.45, 2.75) is 39.2 Å². The lowest BCUT2D eigenvalue weighted by molar-refractivity contribution is -0.122. The van der Waals surface area contributed by atoms with E-state index >= 15 is 0 Å². The van der Waals surface area contributed by atoms with Gasteiger partial charge in [0.15, 0.2) is 0 Å². The smallest absolute Gasteiger partial charge is 0.234 e. The Balaban J connectivity index is 1.62. The van der Waals surface area contributed by atoms with E-state index < -0.39 is 0 Å². The Morgan fingerprint density at radius 3 is 2.75 bits per heavy atom. The molecule has 1 aromatic carbocycles. The van der Waals surface area contributed by atoms with Crippen molar-refractivity contribution in [2.24, 2.45) is 0 Å². The highest BCUT2D eigenvalue weighted by atomic mass is 16.5. The normalized spacial score (nSPS) is 17.8. The molecule has 134 valence electrons. The van der Waals surface area contributed by atoms with Gasteiger partial charge in [0.1, 0.15) is 12.4 Å². The monoisotopic (exact) mass is 334 g/mol. The Kier molecular flexibility index (Phi) is 7.53. The predicted molar refractivity (Wildman–Crippen MR) is 95.5 cm³/mol. The van der Waals surface area contributed by atoms with E-state index in [1.165, 1.54) is 6.42 Å². The summed E-state index contributed by atoms with van der Waals surface area (Å²) in [6.07, 6.45) is 3.74. The van der Waals surface area contributed by atoms with Gasteiger partial charge >= 0.3 is 0 Å². The molecule has 1 N–H and O–H groups in total. The first kappa shape index (κ1) is 18.7. The highest BCUT2D eigenvalue weighted by Crippen LogP contribution is 2.21. The molecule has 0 radical (unpaired) electrons. The average molecular weight is 334 g/mol. The molecule has 1 fully saturated rings. The molecule has 1 aliphatic rings. The van der Waals surface area contributed by atoms with Gasteiger partial charge in [-0.1, -0.05) is 18.2 Å². The van der Waals surface area contributed by atoms with Crippen LogP contribution in [-0.4, -0.2) is 56.8 Å². The van der Waals surface area contributed by atoms with Crippen LogP contribution in [-0.2, 0) is 9.53 Å². The summed E-state index contributed by atoms with van der Waals surface area (Å²) in [5.41, 5.74) is 2.24. The van der Waals surface area contributed by atoms with Gasteiger partial charge < -0.3 is 14.8 Å². The molecular formula is C19H30N2O3. The fraction of sp³-hybridized carbons (Fsp3) is 0.632. The van der Waals surface area contributed by atoms with Crippen LogP contribution in [0, 0.1) is 13.8 Å². The molecule has 0 aliphatic carbocycles. The van der Waals surface area contributed by atoms with Crippen molar-refractivity contribution >= 4 is 5.91 Å². The van der Waals surface area contributed by atoms with Gasteiger partial charge in [0.2, 0.25) is 5.91 Å². The van der Waals surface area contributed by atoms with Crippen LogP contribution >= 0.6 is 0 Å². The van der Waals surface area contributed by atoms with Crippen molar-refractivity contribution in [1.82, 2.24) is 10.2 Å². The van der Waals surface area contributed by atoms with Crippen molar-refractivity contribution in [3.63, 3.8) is 0 Å². The molecule has 1 saturated heterocycles. The van der Waals surface area contributed by atoms with Crippen molar-refractivity contribution in [3.05, 3.63) is 29.3 Å². The Labute approximate surface area is 145 Å². The van der Waals surface area contributed by atoms with Crippen LogP contribution in [0.5, 0.6) is 5.75 Å². The van der Waals surface area contributed by atoms with Crippen LogP contribution in [0.4, 0.5) is 0 Å². The zero-order valence-corrected chi connectivity index (χ0v) is 15.1. The first-order valence-electron chi connectivity index (χ1n) is 8.82. The Morgan fingerprint density at radius 2 is 2.08 bits per heavy atom. The summed E-state index contributed by atoms with van der Waals surface area (Å²) < 4.78 is 11.5. The fourth-order valence-corrected chi connectivity index (χ4v) is 3.04. The number of para-hydroxylation sites is 1. The quantitative estimate of drug-likeness (QED) is 0.741. The number of rotatable bonds is 8. The Bertz CT molecular complexity index is 507. The number of nitrogens with zero attached hydrogens (tertiary/aromatic N) is 1. The van der Waals surface area contributed by atoms with Gasteiger partial charge in [-0.2, -0.15) is 0 Å². The highest BCUT2D eigenvalue weighted by Gasteiger charge is 2.17. The lowest BCUT2D eigenvalue weighted by atomic mass is 10.1. The molecule has 1 amide bonds. The lowest BCUT2D eigenvalue weighted by Crippen LogP contribution is -2.41. The number of amides is 1. The molecule has 1 unspecified atom stereocenters. The maximum absolute atomic E-state index is 12.0. The van der Waals surface area contributed by atoms with Crippen molar-refractivity contribution < 1.29 is 14.3 Å². The molecule has 5 nitrogen and oxygen atoms in total. The molecular weight excluding hydrogens is 304 g/mol. The summed E-state index contributed by atoms with van der Waals surface area (Å²) >= 11 is 0. The Hall–Kier alpha value is -1.59. The molecule has 24 heavy (non-hydrogen) atoms. The third kappa shape index (κ3) is 6.13. The number of benzene rings is 1. The van der Waals surface area contributed by atoms with Crippen molar-refractivity contribution in [3.8, 4) is 5.75 Å². The molecule has 1 atom stereocenters. The second kappa shape index (κ2) is 9.64. The van der Waals surface area contributed by atoms with Crippen molar-refractivity contribution in [1.29, 1.82) is 0 Å². The summed E-state index contributed by atoms with van der Waals surface area (Å²) in [5, 5.41) is 2.91. The number of carbonyl (C=O) groups excluding carboxylic acids is 1. The molecule has 1 heterocycles. The van der Waals surface area contributed by atoms with Gasteiger partial charge in [-0.3, -0.25) is 9.69 Å². The SMILES string of the molecule is Cc1cccc(C)c1OCCNC(=O)CN(C)CC1CCCCO1. The van der Waals surface area contributed by atoms with Crippen LogP contribution in [0.3, 0.4) is 0 Å². The van der Waals surface area contributed by atoms with Crippen LogP contribution in [0.1, 0.15) is 30.4 Å². The van der Waals surface area contributed by atoms with Crippen LogP contribution in [0.2, 0.25) is 0 Å². The highest BCUT2D eigenvalue weighted by molar-refractivity contribution is 5.77. The van der Waals surface area contributed by atoms with Crippen molar-refractivity contribution in [2.75, 3.05) is 39.9 Å². The maximum atomic E-state index is 12.0.